The summed E-state index contributed by atoms with van der Waals surface area (Å²) in [5.41, 5.74) is 1.69. The van der Waals surface area contributed by atoms with E-state index in [2.05, 4.69) is 0 Å². The van der Waals surface area contributed by atoms with Gasteiger partial charge in [0.1, 0.15) is 19.1 Å². The lowest BCUT2D eigenvalue weighted by Gasteiger charge is -2.23. The summed E-state index contributed by atoms with van der Waals surface area (Å²) in [6.07, 6.45) is 0.506. The number of hydrogen-bond acceptors (Lipinski definition) is 4. The van der Waals surface area contributed by atoms with E-state index in [4.69, 9.17) is 21.1 Å². The molecule has 0 aromatic heterocycles. The Balaban J connectivity index is 1.42. The van der Waals surface area contributed by atoms with E-state index in [9.17, 15) is 9.59 Å². The van der Waals surface area contributed by atoms with Gasteiger partial charge in [0.2, 0.25) is 11.8 Å². The quantitative estimate of drug-likeness (QED) is 0.740. The van der Waals surface area contributed by atoms with Gasteiger partial charge in [-0.15, -0.1) is 0 Å². The third kappa shape index (κ3) is 3.64. The fourth-order valence-corrected chi connectivity index (χ4v) is 3.72. The van der Waals surface area contributed by atoms with Crippen LogP contribution in [0, 0.1) is 5.92 Å². The van der Waals surface area contributed by atoms with Crippen molar-refractivity contribution in [3.8, 4) is 11.5 Å². The second kappa shape index (κ2) is 7.72. The Morgan fingerprint density at radius 2 is 1.86 bits per heavy atom. The van der Waals surface area contributed by atoms with Crippen molar-refractivity contribution in [2.75, 3.05) is 31.7 Å². The number of rotatable bonds is 4. The maximum atomic E-state index is 12.9. The Bertz CT molecular complexity index is 900. The molecule has 0 bridgehead atoms. The molecule has 0 saturated carbocycles. The molecule has 2 aromatic carbocycles. The summed E-state index contributed by atoms with van der Waals surface area (Å²) >= 11 is 5.92. The minimum absolute atomic E-state index is 0.165. The average molecular weight is 401 g/mol. The smallest absolute Gasteiger partial charge is 0.239 e. The minimum Gasteiger partial charge on any atom is -0.486 e. The molecule has 6 nitrogen and oxygen atoms in total. The molecule has 2 aliphatic rings. The maximum Gasteiger partial charge on any atom is 0.239 e. The maximum absolute atomic E-state index is 12.9. The first-order valence-corrected chi connectivity index (χ1v) is 9.61. The molecule has 0 spiro atoms. The molecule has 0 radical (unpaired) electrons. The van der Waals surface area contributed by atoms with E-state index >= 15 is 0 Å². The van der Waals surface area contributed by atoms with Crippen molar-refractivity contribution in [1.29, 1.82) is 0 Å². The van der Waals surface area contributed by atoms with Gasteiger partial charge in [0.15, 0.2) is 11.5 Å². The number of benzene rings is 2. The fourth-order valence-electron chi connectivity index (χ4n) is 3.59. The SMILES string of the molecule is CN(Cc1ccc2c(c1)OCCO2)C(=O)C1CCN(c2ccc(Cl)cc2)C1=O. The van der Waals surface area contributed by atoms with E-state index in [1.165, 1.54) is 0 Å². The molecular formula is C21H21ClN2O4. The van der Waals surface area contributed by atoms with E-state index in [1.54, 1.807) is 41.1 Å². The summed E-state index contributed by atoms with van der Waals surface area (Å²) in [4.78, 5) is 28.9. The molecule has 1 saturated heterocycles. The second-order valence-electron chi connectivity index (χ2n) is 6.98. The zero-order valence-corrected chi connectivity index (χ0v) is 16.3. The van der Waals surface area contributed by atoms with Crippen LogP contribution in [0.3, 0.4) is 0 Å². The van der Waals surface area contributed by atoms with Crippen LogP contribution in [0.15, 0.2) is 42.5 Å². The predicted octanol–water partition coefficient (Wildman–Crippen LogP) is 3.12. The Kier molecular flexibility index (Phi) is 5.13. The predicted molar refractivity (Wildman–Crippen MR) is 106 cm³/mol. The molecule has 0 N–H and O–H groups in total. The van der Waals surface area contributed by atoms with Gasteiger partial charge >= 0.3 is 0 Å². The van der Waals surface area contributed by atoms with Crippen LogP contribution in [0.25, 0.3) is 0 Å². The number of amides is 2. The molecule has 7 heteroatoms. The Morgan fingerprint density at radius 3 is 2.61 bits per heavy atom. The average Bonchev–Trinajstić information content (AvgIpc) is 3.09. The molecule has 2 heterocycles. The van der Waals surface area contributed by atoms with Crippen LogP contribution >= 0.6 is 11.6 Å². The van der Waals surface area contributed by atoms with Gasteiger partial charge in [-0.1, -0.05) is 17.7 Å². The first kappa shape index (κ1) is 18.6. The normalized spacial score (nSPS) is 18.3. The summed E-state index contributed by atoms with van der Waals surface area (Å²) in [5, 5.41) is 0.613. The van der Waals surface area contributed by atoms with Crippen molar-refractivity contribution in [1.82, 2.24) is 4.90 Å². The van der Waals surface area contributed by atoms with Gasteiger partial charge in [-0.25, -0.2) is 0 Å². The van der Waals surface area contributed by atoms with Gasteiger partial charge < -0.3 is 19.3 Å². The third-order valence-electron chi connectivity index (χ3n) is 5.04. The number of carbonyl (C=O) groups is 2. The van der Waals surface area contributed by atoms with Gasteiger partial charge in [0.05, 0.1) is 0 Å². The van der Waals surface area contributed by atoms with Crippen LogP contribution in [-0.2, 0) is 16.1 Å². The monoisotopic (exact) mass is 400 g/mol. The molecule has 1 unspecified atom stereocenters. The van der Waals surface area contributed by atoms with E-state index < -0.39 is 5.92 Å². The van der Waals surface area contributed by atoms with Crippen molar-refractivity contribution in [3.05, 3.63) is 53.1 Å². The lowest BCUT2D eigenvalue weighted by molar-refractivity contribution is -0.139. The van der Waals surface area contributed by atoms with Crippen LogP contribution in [0.5, 0.6) is 11.5 Å². The second-order valence-corrected chi connectivity index (χ2v) is 7.42. The van der Waals surface area contributed by atoms with Crippen molar-refractivity contribution in [3.63, 3.8) is 0 Å². The summed E-state index contributed by atoms with van der Waals surface area (Å²) in [6.45, 7) is 1.98. The Labute approximate surface area is 168 Å². The highest BCUT2D eigenvalue weighted by atomic mass is 35.5. The summed E-state index contributed by atoms with van der Waals surface area (Å²) < 4.78 is 11.1. The first-order chi connectivity index (χ1) is 13.5. The molecule has 2 aromatic rings. The topological polar surface area (TPSA) is 59.1 Å². The molecule has 28 heavy (non-hydrogen) atoms. The lowest BCUT2D eigenvalue weighted by Crippen LogP contribution is -2.37. The van der Waals surface area contributed by atoms with Crippen LogP contribution in [-0.4, -0.2) is 43.5 Å². The van der Waals surface area contributed by atoms with E-state index in [1.807, 2.05) is 18.2 Å². The number of hydrogen-bond donors (Lipinski definition) is 0. The van der Waals surface area contributed by atoms with Crippen molar-refractivity contribution in [2.24, 2.45) is 5.92 Å². The Hall–Kier alpha value is -2.73. The van der Waals surface area contributed by atoms with E-state index in [-0.39, 0.29) is 11.8 Å². The van der Waals surface area contributed by atoms with Gasteiger partial charge in [0, 0.05) is 30.8 Å². The van der Waals surface area contributed by atoms with Crippen LogP contribution in [0.2, 0.25) is 5.02 Å². The lowest BCUT2D eigenvalue weighted by atomic mass is 10.1. The highest BCUT2D eigenvalue weighted by molar-refractivity contribution is 6.30. The molecule has 2 aliphatic heterocycles. The van der Waals surface area contributed by atoms with Crippen LogP contribution in [0.1, 0.15) is 12.0 Å². The molecule has 146 valence electrons. The molecule has 0 aliphatic carbocycles. The zero-order valence-electron chi connectivity index (χ0n) is 15.6. The first-order valence-electron chi connectivity index (χ1n) is 9.23. The molecule has 2 amide bonds. The van der Waals surface area contributed by atoms with E-state index in [0.717, 1.165) is 11.3 Å². The standard InChI is InChI=1S/C21H21ClN2O4/c1-23(13-14-2-7-18-19(12-14)28-11-10-27-18)20(25)17-8-9-24(21(17)26)16-5-3-15(22)4-6-16/h2-7,12,17H,8-11,13H2,1H3. The summed E-state index contributed by atoms with van der Waals surface area (Å²) in [5.74, 6) is 0.416. The molecule has 1 fully saturated rings. The number of fused-ring (bicyclic) bond motifs is 1. The van der Waals surface area contributed by atoms with E-state index in [0.29, 0.717) is 49.2 Å². The molecular weight excluding hydrogens is 380 g/mol. The summed E-state index contributed by atoms with van der Waals surface area (Å²) in [6, 6.07) is 12.7. The Morgan fingerprint density at radius 1 is 1.14 bits per heavy atom. The van der Waals surface area contributed by atoms with Crippen LogP contribution < -0.4 is 14.4 Å². The number of halogens is 1. The fraction of sp³-hybridized carbons (Fsp3) is 0.333. The van der Waals surface area contributed by atoms with Crippen molar-refractivity contribution >= 4 is 29.1 Å². The molecule has 1 atom stereocenters. The molecule has 4 rings (SSSR count). The van der Waals surface area contributed by atoms with Gasteiger partial charge in [-0.2, -0.15) is 0 Å². The number of nitrogens with zero attached hydrogens (tertiary/aromatic N) is 2. The number of carbonyl (C=O) groups excluding carboxylic acids is 2. The summed E-state index contributed by atoms with van der Waals surface area (Å²) in [7, 11) is 1.72. The number of ether oxygens (including phenoxy) is 2. The number of anilines is 1. The van der Waals surface area contributed by atoms with Crippen LogP contribution in [0.4, 0.5) is 5.69 Å². The van der Waals surface area contributed by atoms with Crippen molar-refractivity contribution in [2.45, 2.75) is 13.0 Å². The highest BCUT2D eigenvalue weighted by Gasteiger charge is 2.39. The van der Waals surface area contributed by atoms with Crippen molar-refractivity contribution < 1.29 is 19.1 Å². The highest BCUT2D eigenvalue weighted by Crippen LogP contribution is 2.32. The minimum atomic E-state index is -0.655. The third-order valence-corrected chi connectivity index (χ3v) is 5.30. The van der Waals surface area contributed by atoms with Gasteiger partial charge in [0.25, 0.3) is 0 Å². The van der Waals surface area contributed by atoms with Gasteiger partial charge in [-0.05, 0) is 48.4 Å². The largest absolute Gasteiger partial charge is 0.486 e. The van der Waals surface area contributed by atoms with Gasteiger partial charge in [-0.3, -0.25) is 9.59 Å². The zero-order chi connectivity index (χ0) is 19.7.